The summed E-state index contributed by atoms with van der Waals surface area (Å²) in [4.78, 5) is 22.0. The topological polar surface area (TPSA) is 55.4 Å². The van der Waals surface area contributed by atoms with Crippen LogP contribution in [0.5, 0.6) is 0 Å². The molecule has 0 heterocycles. The van der Waals surface area contributed by atoms with Crippen LogP contribution in [-0.2, 0) is 14.3 Å². The summed E-state index contributed by atoms with van der Waals surface area (Å²) in [5.74, 6) is -0.706. The van der Waals surface area contributed by atoms with E-state index in [0.29, 0.717) is 13.2 Å². The van der Waals surface area contributed by atoms with Crippen molar-refractivity contribution in [1.29, 1.82) is 0 Å². The molecule has 0 spiro atoms. The van der Waals surface area contributed by atoms with Gasteiger partial charge in [-0.1, -0.05) is 6.92 Å². The van der Waals surface area contributed by atoms with Crippen molar-refractivity contribution in [1.82, 2.24) is 5.32 Å². The van der Waals surface area contributed by atoms with Crippen molar-refractivity contribution in [2.45, 2.75) is 26.8 Å². The highest BCUT2D eigenvalue weighted by molar-refractivity contribution is 6.01. The fourth-order valence-corrected chi connectivity index (χ4v) is 0.823. The molecule has 12 heavy (non-hydrogen) atoms. The highest BCUT2D eigenvalue weighted by Crippen LogP contribution is 1.90. The Morgan fingerprint density at radius 1 is 1.42 bits per heavy atom. The van der Waals surface area contributed by atoms with E-state index in [4.69, 9.17) is 4.74 Å². The molecule has 0 aliphatic heterocycles. The van der Waals surface area contributed by atoms with E-state index < -0.39 is 12.0 Å². The van der Waals surface area contributed by atoms with Gasteiger partial charge in [0.25, 0.3) is 0 Å². The van der Waals surface area contributed by atoms with Gasteiger partial charge in [-0.3, -0.25) is 10.1 Å². The summed E-state index contributed by atoms with van der Waals surface area (Å²) in [7, 11) is 0. The lowest BCUT2D eigenvalue weighted by atomic mass is 10.2. The Labute approximate surface area is 72.3 Å². The van der Waals surface area contributed by atoms with Gasteiger partial charge in [-0.05, 0) is 20.4 Å². The van der Waals surface area contributed by atoms with Gasteiger partial charge >= 0.3 is 5.97 Å². The van der Waals surface area contributed by atoms with Crippen LogP contribution in [0.15, 0.2) is 0 Å². The third-order valence-electron chi connectivity index (χ3n) is 1.34. The molecule has 4 nitrogen and oxygen atoms in total. The van der Waals surface area contributed by atoms with Crippen LogP contribution in [0.25, 0.3) is 0 Å². The Bertz CT molecular complexity index is 168. The molecule has 0 aliphatic carbocycles. The zero-order chi connectivity index (χ0) is 9.56. The van der Waals surface area contributed by atoms with E-state index in [2.05, 4.69) is 5.32 Å². The third-order valence-corrected chi connectivity index (χ3v) is 1.34. The zero-order valence-corrected chi connectivity index (χ0v) is 7.72. The molecule has 1 atom stereocenters. The van der Waals surface area contributed by atoms with Gasteiger partial charge in [0.15, 0.2) is 11.8 Å². The van der Waals surface area contributed by atoms with E-state index in [0.717, 1.165) is 0 Å². The minimum atomic E-state index is -0.796. The van der Waals surface area contributed by atoms with Crippen molar-refractivity contribution in [2.75, 3.05) is 13.2 Å². The molecule has 70 valence electrons. The predicted molar refractivity (Wildman–Crippen MR) is 44.8 cm³/mol. The smallest absolute Gasteiger partial charge is 0.330 e. The van der Waals surface area contributed by atoms with Crippen LogP contribution >= 0.6 is 0 Å². The first-order valence-electron chi connectivity index (χ1n) is 4.03. The molecule has 0 aromatic rings. The number of carbonyl (C=O) groups excluding carboxylic acids is 2. The van der Waals surface area contributed by atoms with Crippen molar-refractivity contribution in [3.63, 3.8) is 0 Å². The van der Waals surface area contributed by atoms with E-state index in [9.17, 15) is 9.59 Å². The second-order valence-electron chi connectivity index (χ2n) is 2.35. The molecular weight excluding hydrogens is 158 g/mol. The second kappa shape index (κ2) is 5.71. The number of ether oxygens (including phenoxy) is 1. The molecule has 0 fully saturated rings. The van der Waals surface area contributed by atoms with E-state index in [1.165, 1.54) is 6.92 Å². The Hall–Kier alpha value is -0.900. The van der Waals surface area contributed by atoms with Crippen LogP contribution in [0.3, 0.4) is 0 Å². The fraction of sp³-hybridized carbons (Fsp3) is 0.750. The van der Waals surface area contributed by atoms with Gasteiger partial charge in [-0.15, -0.1) is 0 Å². The van der Waals surface area contributed by atoms with Crippen molar-refractivity contribution >= 4 is 11.8 Å². The van der Waals surface area contributed by atoms with Crippen molar-refractivity contribution in [2.24, 2.45) is 0 Å². The molecule has 0 radical (unpaired) electrons. The van der Waals surface area contributed by atoms with Gasteiger partial charge in [0.1, 0.15) is 0 Å². The lowest BCUT2D eigenvalue weighted by Crippen LogP contribution is -2.43. The van der Waals surface area contributed by atoms with Crippen molar-refractivity contribution in [3.8, 4) is 0 Å². The molecule has 4 heteroatoms. The normalized spacial score (nSPS) is 12.2. The van der Waals surface area contributed by atoms with Crippen LogP contribution in [-0.4, -0.2) is 30.9 Å². The summed E-state index contributed by atoms with van der Waals surface area (Å²) >= 11 is 0. The zero-order valence-electron chi connectivity index (χ0n) is 7.72. The first-order valence-corrected chi connectivity index (χ1v) is 4.03. The highest BCUT2D eigenvalue weighted by Gasteiger charge is 2.22. The van der Waals surface area contributed by atoms with Crippen LogP contribution in [0.4, 0.5) is 0 Å². The van der Waals surface area contributed by atoms with Gasteiger partial charge in [0.05, 0.1) is 6.61 Å². The number of Topliss-reactive ketones (excluding diaryl/α,β-unsaturated/α-hetero) is 1. The van der Waals surface area contributed by atoms with E-state index in [-0.39, 0.29) is 5.78 Å². The van der Waals surface area contributed by atoms with Crippen LogP contribution in [0.1, 0.15) is 20.8 Å². The van der Waals surface area contributed by atoms with Crippen LogP contribution in [0.2, 0.25) is 0 Å². The molecule has 1 unspecified atom stereocenters. The fourth-order valence-electron chi connectivity index (χ4n) is 0.823. The summed E-state index contributed by atoms with van der Waals surface area (Å²) in [5.41, 5.74) is 0. The van der Waals surface area contributed by atoms with Gasteiger partial charge < -0.3 is 4.74 Å². The van der Waals surface area contributed by atoms with Crippen LogP contribution in [0, 0.1) is 0 Å². The van der Waals surface area contributed by atoms with Gasteiger partial charge in [-0.25, -0.2) is 4.79 Å². The standard InChI is InChI=1S/C8H15NO3/c1-4-9-7(6(3)10)8(11)12-5-2/h7,9H,4-5H2,1-3H3. The summed E-state index contributed by atoms with van der Waals surface area (Å²) in [6.07, 6.45) is 0. The summed E-state index contributed by atoms with van der Waals surface area (Å²) in [6.45, 7) is 5.78. The molecule has 0 rings (SSSR count). The first-order chi connectivity index (χ1) is 5.63. The number of nitrogens with one attached hydrogen (secondary N) is 1. The molecule has 1 N–H and O–H groups in total. The molecule has 0 saturated heterocycles. The first kappa shape index (κ1) is 11.1. The summed E-state index contributed by atoms with van der Waals surface area (Å²) in [6, 6.07) is -0.796. The van der Waals surface area contributed by atoms with E-state index in [1.807, 2.05) is 6.92 Å². The monoisotopic (exact) mass is 173 g/mol. The number of carbonyl (C=O) groups is 2. The third kappa shape index (κ3) is 3.48. The van der Waals surface area contributed by atoms with Crippen molar-refractivity contribution < 1.29 is 14.3 Å². The van der Waals surface area contributed by atoms with Gasteiger partial charge in [-0.2, -0.15) is 0 Å². The maximum absolute atomic E-state index is 11.1. The molecule has 0 saturated carbocycles. The van der Waals surface area contributed by atoms with Crippen molar-refractivity contribution in [3.05, 3.63) is 0 Å². The minimum absolute atomic E-state index is 0.213. The molecule has 0 bridgehead atoms. The Morgan fingerprint density at radius 2 is 2.00 bits per heavy atom. The number of hydrogen-bond donors (Lipinski definition) is 1. The Morgan fingerprint density at radius 3 is 2.33 bits per heavy atom. The average molecular weight is 173 g/mol. The largest absolute Gasteiger partial charge is 0.464 e. The maximum Gasteiger partial charge on any atom is 0.330 e. The number of hydrogen-bond acceptors (Lipinski definition) is 4. The van der Waals surface area contributed by atoms with E-state index >= 15 is 0 Å². The lowest BCUT2D eigenvalue weighted by Gasteiger charge is -2.12. The second-order valence-corrected chi connectivity index (χ2v) is 2.35. The SMILES string of the molecule is CCNC(C(C)=O)C(=O)OCC. The lowest BCUT2D eigenvalue weighted by molar-refractivity contribution is -0.148. The molecule has 0 aromatic carbocycles. The van der Waals surface area contributed by atoms with Crippen LogP contribution < -0.4 is 5.32 Å². The number of esters is 1. The highest BCUT2D eigenvalue weighted by atomic mass is 16.5. The molecule has 0 amide bonds. The molecule has 0 aliphatic rings. The maximum atomic E-state index is 11.1. The average Bonchev–Trinajstić information content (AvgIpc) is 1.99. The number of ketones is 1. The number of rotatable bonds is 5. The summed E-state index contributed by atoms with van der Waals surface area (Å²) < 4.78 is 4.70. The van der Waals surface area contributed by atoms with E-state index in [1.54, 1.807) is 6.92 Å². The van der Waals surface area contributed by atoms with Gasteiger partial charge in [0, 0.05) is 0 Å². The quantitative estimate of drug-likeness (QED) is 0.474. The Kier molecular flexibility index (Phi) is 5.28. The Balaban J connectivity index is 4.09. The predicted octanol–water partition coefficient (Wildman–Crippen LogP) is 0.117. The molecule has 0 aromatic heterocycles. The van der Waals surface area contributed by atoms with Gasteiger partial charge in [0.2, 0.25) is 0 Å². The molecular formula is C8H15NO3. The minimum Gasteiger partial charge on any atom is -0.464 e. The summed E-state index contributed by atoms with van der Waals surface area (Å²) in [5, 5.41) is 2.74. The number of likely N-dealkylation sites (N-methyl/N-ethyl adjacent to an activating group) is 1.